The van der Waals surface area contributed by atoms with Crippen LogP contribution in [0.5, 0.6) is 0 Å². The maximum atomic E-state index is 6.12. The van der Waals surface area contributed by atoms with Crippen LogP contribution < -0.4 is 11.1 Å². The van der Waals surface area contributed by atoms with Crippen LogP contribution in [0.3, 0.4) is 0 Å². The average Bonchev–Trinajstić information content (AvgIpc) is 2.35. The number of hydrogen-bond donors (Lipinski definition) is 2. The highest BCUT2D eigenvalue weighted by atomic mass is 79.9. The molecule has 2 aromatic rings. The fourth-order valence-electron chi connectivity index (χ4n) is 1.62. The van der Waals surface area contributed by atoms with E-state index in [0.717, 1.165) is 22.1 Å². The van der Waals surface area contributed by atoms with E-state index < -0.39 is 0 Å². The van der Waals surface area contributed by atoms with Gasteiger partial charge in [0.05, 0.1) is 5.69 Å². The molecule has 1 aromatic carbocycles. The van der Waals surface area contributed by atoms with E-state index in [1.165, 1.54) is 0 Å². The van der Waals surface area contributed by atoms with E-state index >= 15 is 0 Å². The zero-order valence-corrected chi connectivity index (χ0v) is 13.0. The van der Waals surface area contributed by atoms with E-state index in [-0.39, 0.29) is 0 Å². The molecule has 0 radical (unpaired) electrons. The lowest BCUT2D eigenvalue weighted by Crippen LogP contribution is -2.03. The molecule has 0 fully saturated rings. The van der Waals surface area contributed by atoms with Crippen molar-refractivity contribution in [2.75, 3.05) is 11.1 Å². The van der Waals surface area contributed by atoms with Gasteiger partial charge in [-0.25, -0.2) is 9.97 Å². The van der Waals surface area contributed by atoms with Crippen molar-refractivity contribution in [3.8, 4) is 0 Å². The predicted octanol–water partition coefficient (Wildman–Crippen LogP) is 4.09. The summed E-state index contributed by atoms with van der Waals surface area (Å²) in [6.45, 7) is 3.94. The number of hydrogen-bond acceptors (Lipinski definition) is 4. The Morgan fingerprint density at radius 3 is 2.74 bits per heavy atom. The van der Waals surface area contributed by atoms with E-state index in [9.17, 15) is 0 Å². The SMILES string of the molecule is CCc1nc(N)cc(Nc2cc(Cl)c(C)cc2Br)n1. The van der Waals surface area contributed by atoms with Gasteiger partial charge in [-0.05, 0) is 40.5 Å². The minimum absolute atomic E-state index is 0.448. The number of rotatable bonds is 3. The fraction of sp³-hybridized carbons (Fsp3) is 0.231. The maximum absolute atomic E-state index is 6.12. The zero-order valence-electron chi connectivity index (χ0n) is 10.7. The van der Waals surface area contributed by atoms with Crippen molar-refractivity contribution in [3.63, 3.8) is 0 Å². The molecule has 0 atom stereocenters. The van der Waals surface area contributed by atoms with Gasteiger partial charge in [-0.3, -0.25) is 0 Å². The third-order valence-corrected chi connectivity index (χ3v) is 3.68. The quantitative estimate of drug-likeness (QED) is 0.882. The summed E-state index contributed by atoms with van der Waals surface area (Å²) in [5.41, 5.74) is 7.60. The van der Waals surface area contributed by atoms with Gasteiger partial charge in [-0.2, -0.15) is 0 Å². The topological polar surface area (TPSA) is 63.8 Å². The van der Waals surface area contributed by atoms with E-state index in [4.69, 9.17) is 17.3 Å². The number of aromatic nitrogens is 2. The maximum Gasteiger partial charge on any atom is 0.136 e. The first-order valence-corrected chi connectivity index (χ1v) is 7.02. The Balaban J connectivity index is 2.36. The van der Waals surface area contributed by atoms with E-state index in [2.05, 4.69) is 31.2 Å². The zero-order chi connectivity index (χ0) is 14.0. The van der Waals surface area contributed by atoms with E-state index in [1.54, 1.807) is 6.07 Å². The van der Waals surface area contributed by atoms with Crippen LogP contribution in [0, 0.1) is 6.92 Å². The molecule has 1 aromatic heterocycles. The first-order chi connectivity index (χ1) is 8.99. The Kier molecular flexibility index (Phi) is 4.27. The van der Waals surface area contributed by atoms with Crippen molar-refractivity contribution >= 4 is 44.9 Å². The Bertz CT molecular complexity index is 616. The molecule has 0 aliphatic rings. The minimum atomic E-state index is 0.448. The normalized spacial score (nSPS) is 10.5. The summed E-state index contributed by atoms with van der Waals surface area (Å²) in [6.07, 6.45) is 0.732. The van der Waals surface area contributed by atoms with Gasteiger partial charge in [-0.1, -0.05) is 18.5 Å². The van der Waals surface area contributed by atoms with Crippen LogP contribution in [0.15, 0.2) is 22.7 Å². The molecule has 4 nitrogen and oxygen atoms in total. The van der Waals surface area contributed by atoms with Gasteiger partial charge in [0.1, 0.15) is 17.5 Å². The summed E-state index contributed by atoms with van der Waals surface area (Å²) in [7, 11) is 0. The standard InChI is InChI=1S/C13H14BrClN4/c1-3-12-18-11(16)6-13(19-12)17-10-5-9(15)7(2)4-8(10)14/h4-6H,3H2,1-2H3,(H3,16,17,18,19). The smallest absolute Gasteiger partial charge is 0.136 e. The van der Waals surface area contributed by atoms with Crippen LogP contribution in [-0.4, -0.2) is 9.97 Å². The average molecular weight is 342 g/mol. The molecule has 0 spiro atoms. The molecular weight excluding hydrogens is 328 g/mol. The number of aryl methyl sites for hydroxylation is 2. The molecule has 0 saturated heterocycles. The van der Waals surface area contributed by atoms with Crippen LogP contribution >= 0.6 is 27.5 Å². The number of benzene rings is 1. The highest BCUT2D eigenvalue weighted by Crippen LogP contribution is 2.31. The van der Waals surface area contributed by atoms with Gasteiger partial charge in [-0.15, -0.1) is 0 Å². The van der Waals surface area contributed by atoms with Gasteiger partial charge in [0.15, 0.2) is 0 Å². The number of nitrogens with one attached hydrogen (secondary N) is 1. The molecular formula is C13H14BrClN4. The first kappa shape index (κ1) is 14.1. The lowest BCUT2D eigenvalue weighted by molar-refractivity contribution is 0.948. The second-order valence-corrected chi connectivity index (χ2v) is 5.42. The number of anilines is 3. The molecule has 0 aliphatic carbocycles. The van der Waals surface area contributed by atoms with Gasteiger partial charge in [0.2, 0.25) is 0 Å². The molecule has 0 amide bonds. The van der Waals surface area contributed by atoms with Crippen molar-refractivity contribution < 1.29 is 0 Å². The van der Waals surface area contributed by atoms with Crippen LogP contribution in [0.25, 0.3) is 0 Å². The minimum Gasteiger partial charge on any atom is -0.384 e. The Morgan fingerprint density at radius 2 is 2.05 bits per heavy atom. The summed E-state index contributed by atoms with van der Waals surface area (Å²) in [6, 6.07) is 5.50. The molecule has 0 saturated carbocycles. The largest absolute Gasteiger partial charge is 0.384 e. The van der Waals surface area contributed by atoms with Gasteiger partial charge in [0.25, 0.3) is 0 Å². The van der Waals surface area contributed by atoms with Crippen LogP contribution in [0.2, 0.25) is 5.02 Å². The predicted molar refractivity (Wildman–Crippen MR) is 83.0 cm³/mol. The number of nitrogens with two attached hydrogens (primary N) is 1. The van der Waals surface area contributed by atoms with Crippen LogP contribution in [-0.2, 0) is 6.42 Å². The Morgan fingerprint density at radius 1 is 1.32 bits per heavy atom. The lowest BCUT2D eigenvalue weighted by atomic mass is 10.2. The third-order valence-electron chi connectivity index (χ3n) is 2.62. The Labute approximate surface area is 125 Å². The molecule has 100 valence electrons. The number of halogens is 2. The summed E-state index contributed by atoms with van der Waals surface area (Å²) in [5.74, 6) is 1.81. The summed E-state index contributed by atoms with van der Waals surface area (Å²) < 4.78 is 0.921. The van der Waals surface area contributed by atoms with Crippen LogP contribution in [0.4, 0.5) is 17.3 Å². The highest BCUT2D eigenvalue weighted by molar-refractivity contribution is 9.10. The molecule has 0 unspecified atom stereocenters. The highest BCUT2D eigenvalue weighted by Gasteiger charge is 2.07. The molecule has 19 heavy (non-hydrogen) atoms. The molecule has 1 heterocycles. The van der Waals surface area contributed by atoms with Crippen molar-refractivity contribution in [2.24, 2.45) is 0 Å². The monoisotopic (exact) mass is 340 g/mol. The first-order valence-electron chi connectivity index (χ1n) is 5.85. The molecule has 2 rings (SSSR count). The summed E-state index contributed by atoms with van der Waals surface area (Å²) in [4.78, 5) is 8.51. The second-order valence-electron chi connectivity index (χ2n) is 4.15. The van der Waals surface area contributed by atoms with Crippen molar-refractivity contribution in [3.05, 3.63) is 39.1 Å². The third kappa shape index (κ3) is 3.36. The van der Waals surface area contributed by atoms with Gasteiger partial charge >= 0.3 is 0 Å². The molecule has 0 bridgehead atoms. The van der Waals surface area contributed by atoms with E-state index in [1.807, 2.05) is 26.0 Å². The van der Waals surface area contributed by atoms with Crippen molar-refractivity contribution in [1.29, 1.82) is 0 Å². The van der Waals surface area contributed by atoms with Crippen molar-refractivity contribution in [1.82, 2.24) is 9.97 Å². The van der Waals surface area contributed by atoms with Gasteiger partial charge < -0.3 is 11.1 Å². The Hall–Kier alpha value is -1.33. The molecule has 0 aliphatic heterocycles. The van der Waals surface area contributed by atoms with Crippen LogP contribution in [0.1, 0.15) is 18.3 Å². The number of nitrogens with zero attached hydrogens (tertiary/aromatic N) is 2. The summed E-state index contributed by atoms with van der Waals surface area (Å²) >= 11 is 9.62. The fourth-order valence-corrected chi connectivity index (χ4v) is 2.34. The molecule has 6 heteroatoms. The molecule has 3 N–H and O–H groups in total. The van der Waals surface area contributed by atoms with E-state index in [0.29, 0.717) is 22.5 Å². The van der Waals surface area contributed by atoms with Crippen molar-refractivity contribution in [2.45, 2.75) is 20.3 Å². The summed E-state index contributed by atoms with van der Waals surface area (Å²) in [5, 5.41) is 3.89. The van der Waals surface area contributed by atoms with Gasteiger partial charge in [0, 0.05) is 22.0 Å². The second kappa shape index (κ2) is 5.75. The number of nitrogen functional groups attached to an aromatic ring is 1. The lowest BCUT2D eigenvalue weighted by Gasteiger charge is -2.11.